The van der Waals surface area contributed by atoms with Crippen LogP contribution in [0, 0.1) is 16.2 Å². The summed E-state index contributed by atoms with van der Waals surface area (Å²) < 4.78 is 69.5. The number of aliphatic carboxylic acids is 2. The minimum absolute atomic E-state index is 0.0513. The number of ether oxygens (including phenoxy) is 5. The molecule has 4 unspecified atom stereocenters. The number of aromatic carboxylic acids is 1. The summed E-state index contributed by atoms with van der Waals surface area (Å²) in [4.78, 5) is 82.8. The third-order valence-corrected chi connectivity index (χ3v) is 16.9. The molecule has 0 aromatic heterocycles. The average molecular weight is 1320 g/mol. The summed E-state index contributed by atoms with van der Waals surface area (Å²) in [5.74, 6) is -1.82. The third kappa shape index (κ3) is 41.7. The number of phosphoric ester groups is 1. The van der Waals surface area contributed by atoms with E-state index in [1.54, 1.807) is 45.2 Å². The van der Waals surface area contributed by atoms with E-state index in [0.29, 0.717) is 61.9 Å². The van der Waals surface area contributed by atoms with E-state index in [-0.39, 0.29) is 62.1 Å². The van der Waals surface area contributed by atoms with Crippen LogP contribution in [0.2, 0.25) is 0 Å². The number of phosphoric acid groups is 1. The van der Waals surface area contributed by atoms with Gasteiger partial charge in [0.25, 0.3) is 10.1 Å². The molecule has 0 bridgehead atoms. The third-order valence-electron chi connectivity index (χ3n) is 14.3. The molecule has 0 spiro atoms. The molecule has 0 aliphatic carbocycles. The van der Waals surface area contributed by atoms with Crippen molar-refractivity contribution in [2.24, 2.45) is 16.2 Å². The highest BCUT2D eigenvalue weighted by Gasteiger charge is 2.29. The number of hydrogen-bond acceptors (Lipinski definition) is 17. The quantitative estimate of drug-likeness (QED) is 0.00979. The lowest BCUT2D eigenvalue weighted by Gasteiger charge is -2.20. The number of carbonyl (C=O) groups is 6. The highest BCUT2D eigenvalue weighted by atomic mass is 32.2. The Labute approximate surface area is 533 Å². The maximum absolute atomic E-state index is 11.5. The van der Waals surface area contributed by atoms with E-state index in [0.717, 1.165) is 55.0 Å². The van der Waals surface area contributed by atoms with Crippen molar-refractivity contribution >= 4 is 65.5 Å². The van der Waals surface area contributed by atoms with Crippen molar-refractivity contribution in [1.82, 2.24) is 0 Å². The molecule has 0 aliphatic heterocycles. The molecule has 3 aromatic rings. The molecule has 510 valence electrons. The Hall–Kier alpha value is -5.27. The number of methoxy groups -OCH3 is 1. The molecule has 22 nitrogen and oxygen atoms in total. The summed E-state index contributed by atoms with van der Waals surface area (Å²) in [5.41, 5.74) is 3.57. The SMILES string of the molecule is CCC(C)(C)C(=O)OCCCOP(=O)(O)O.CCC(C)(C)C(=O)OCCO.CCC(C)(C)C(=O)OCCOCCOC.CCC(C)c1ccc(C(=O)O)cc1.CCC(C)c1ccc(CSC(CC(=O)O)C(=O)O)cc1.CCC(C)c1ccc(S(=O)(=O)O)cc1. The van der Waals surface area contributed by atoms with Gasteiger partial charge in [-0.05, 0) is 144 Å². The predicted molar refractivity (Wildman–Crippen MR) is 345 cm³/mol. The van der Waals surface area contributed by atoms with E-state index in [1.165, 1.54) is 23.3 Å². The van der Waals surface area contributed by atoms with Crippen molar-refractivity contribution in [3.05, 3.63) is 101 Å². The van der Waals surface area contributed by atoms with Crippen LogP contribution < -0.4 is 0 Å². The number of benzene rings is 3. The van der Waals surface area contributed by atoms with Gasteiger partial charge in [0.15, 0.2) is 0 Å². The standard InChI is InChI=1S/C15H20O4S.C11H22O4.C11H14O2.C10H14O3S.C9H19O6P.C8H16O3/c1-3-10(2)12-6-4-11(5-7-12)9-20-13(15(18)19)8-14(16)17;1-5-11(2,3)10(12)15-9-8-14-7-6-13-4;1-3-8(2)9-4-6-10(7-5-9)11(12)13;1-3-8(2)9-4-6-10(7-5-9)14(11,12)13;1-4-9(2,3)8(10)14-6-5-7-15-16(11,12)13;1-4-8(2,3)7(10)11-6-5-9/h4-7,10,13H,3,8-9H2,1-2H3,(H,16,17)(H,18,19);5-9H2,1-4H3;4-8H,3H2,1-2H3,(H,12,13);4-8H,3H2,1-2H3,(H,11,12,13);4-7H2,1-3H3,(H2,11,12,13);9H,4-6H2,1-3H3. The van der Waals surface area contributed by atoms with E-state index < -0.39 is 57.3 Å². The van der Waals surface area contributed by atoms with Crippen LogP contribution in [-0.4, -0.2) is 144 Å². The van der Waals surface area contributed by atoms with Gasteiger partial charge in [0.2, 0.25) is 0 Å². The molecular formula is C64H105O22PS2. The normalized spacial score (nSPS) is 12.7. The van der Waals surface area contributed by atoms with Crippen LogP contribution in [0.5, 0.6) is 0 Å². The summed E-state index contributed by atoms with van der Waals surface area (Å²) in [6.45, 7) is 31.2. The molecule has 0 saturated carbocycles. The first-order valence-corrected chi connectivity index (χ1v) is 33.8. The highest BCUT2D eigenvalue weighted by Crippen LogP contribution is 2.35. The second-order valence-corrected chi connectivity index (χ2v) is 26.4. The van der Waals surface area contributed by atoms with Gasteiger partial charge in [0.1, 0.15) is 18.5 Å². The fourth-order valence-electron chi connectivity index (χ4n) is 6.15. The van der Waals surface area contributed by atoms with Gasteiger partial charge in [0.05, 0.1) is 72.8 Å². The van der Waals surface area contributed by atoms with Gasteiger partial charge in [-0.15, -0.1) is 11.8 Å². The van der Waals surface area contributed by atoms with Gasteiger partial charge in [-0.3, -0.25) is 33.0 Å². The summed E-state index contributed by atoms with van der Waals surface area (Å²) in [7, 11) is -6.84. The maximum Gasteiger partial charge on any atom is 0.469 e. The molecule has 0 heterocycles. The van der Waals surface area contributed by atoms with Crippen molar-refractivity contribution in [2.75, 3.05) is 60.0 Å². The van der Waals surface area contributed by atoms with Crippen LogP contribution >= 0.6 is 19.6 Å². The first-order valence-electron chi connectivity index (χ1n) is 29.8. The van der Waals surface area contributed by atoms with Gasteiger partial charge < -0.3 is 53.9 Å². The van der Waals surface area contributed by atoms with Crippen molar-refractivity contribution in [3.63, 3.8) is 0 Å². The molecule has 4 atom stereocenters. The van der Waals surface area contributed by atoms with E-state index in [1.807, 2.05) is 72.7 Å². The molecule has 25 heteroatoms. The Morgan fingerprint density at radius 3 is 1.28 bits per heavy atom. The topological polar surface area (TPSA) is 351 Å². The van der Waals surface area contributed by atoms with Crippen molar-refractivity contribution < 1.29 is 105 Å². The predicted octanol–water partition coefficient (Wildman–Crippen LogP) is 12.8. The largest absolute Gasteiger partial charge is 0.481 e. The molecule has 0 saturated heterocycles. The second-order valence-electron chi connectivity index (χ2n) is 22.5. The van der Waals surface area contributed by atoms with Crippen molar-refractivity contribution in [1.29, 1.82) is 0 Å². The van der Waals surface area contributed by atoms with E-state index in [4.69, 9.17) is 58.4 Å². The minimum Gasteiger partial charge on any atom is -0.481 e. The number of carboxylic acid groups (broad SMARTS) is 3. The molecule has 0 fully saturated rings. The van der Waals surface area contributed by atoms with Crippen LogP contribution in [0.3, 0.4) is 0 Å². The van der Waals surface area contributed by atoms with Crippen LogP contribution in [0.25, 0.3) is 0 Å². The van der Waals surface area contributed by atoms with Crippen LogP contribution in [0.4, 0.5) is 0 Å². The molecule has 0 amide bonds. The number of thioether (sulfide) groups is 1. The lowest BCUT2D eigenvalue weighted by atomic mass is 9.91. The van der Waals surface area contributed by atoms with Crippen LogP contribution in [0.15, 0.2) is 77.7 Å². The van der Waals surface area contributed by atoms with E-state index in [2.05, 4.69) is 58.2 Å². The second kappa shape index (κ2) is 46.7. The lowest BCUT2D eigenvalue weighted by Crippen LogP contribution is -2.27. The maximum atomic E-state index is 11.5. The number of hydrogen-bond donors (Lipinski definition) is 7. The van der Waals surface area contributed by atoms with Gasteiger partial charge >= 0.3 is 43.6 Å². The zero-order valence-corrected chi connectivity index (χ0v) is 57.8. The zero-order valence-electron chi connectivity index (χ0n) is 55.3. The summed E-state index contributed by atoms with van der Waals surface area (Å²) in [6.07, 6.45) is 5.26. The number of aliphatic hydroxyl groups is 1. The number of esters is 3. The minimum atomic E-state index is -4.41. The summed E-state index contributed by atoms with van der Waals surface area (Å²) in [5, 5.41) is 33.8. The molecular weight excluding hydrogens is 1220 g/mol. The van der Waals surface area contributed by atoms with Gasteiger partial charge in [-0.1, -0.05) is 111 Å². The molecule has 89 heavy (non-hydrogen) atoms. The molecule has 7 N–H and O–H groups in total. The smallest absolute Gasteiger partial charge is 0.469 e. The Bertz CT molecular complexity index is 2620. The van der Waals surface area contributed by atoms with Gasteiger partial charge in [0, 0.05) is 19.3 Å². The number of carbonyl (C=O) groups excluding carboxylic acids is 3. The van der Waals surface area contributed by atoms with Gasteiger partial charge in [-0.25, -0.2) is 9.36 Å². The first-order chi connectivity index (χ1) is 41.3. The average Bonchev–Trinajstić information content (AvgIpc) is 2.47. The number of carboxylic acids is 3. The Balaban J connectivity index is -0.00000101. The van der Waals surface area contributed by atoms with E-state index in [9.17, 15) is 41.8 Å². The lowest BCUT2D eigenvalue weighted by molar-refractivity contribution is -0.156. The summed E-state index contributed by atoms with van der Waals surface area (Å²) >= 11 is 1.15. The monoisotopic (exact) mass is 1320 g/mol. The molecule has 3 aromatic carbocycles. The fourth-order valence-corrected chi connectivity index (χ4v) is 7.98. The first kappa shape index (κ1) is 87.9. The molecule has 0 radical (unpaired) electrons. The summed E-state index contributed by atoms with van der Waals surface area (Å²) in [6, 6.07) is 21.5. The molecule has 3 rings (SSSR count). The number of rotatable bonds is 33. The zero-order chi connectivity index (χ0) is 69.2. The van der Waals surface area contributed by atoms with E-state index >= 15 is 0 Å². The van der Waals surface area contributed by atoms with Gasteiger partial charge in [-0.2, -0.15) is 8.42 Å². The van der Waals surface area contributed by atoms with Crippen LogP contribution in [-0.2, 0) is 72.6 Å². The van der Waals surface area contributed by atoms with Crippen molar-refractivity contribution in [3.8, 4) is 0 Å². The van der Waals surface area contributed by atoms with Crippen LogP contribution in [0.1, 0.15) is 206 Å². The fraction of sp³-hybridized carbons (Fsp3) is 0.625. The Kier molecular flexibility index (Phi) is 46.2. The Morgan fingerprint density at radius 1 is 0.562 bits per heavy atom. The number of aliphatic hydroxyl groups excluding tert-OH is 1. The Morgan fingerprint density at radius 2 is 0.944 bits per heavy atom. The van der Waals surface area contributed by atoms with Crippen molar-refractivity contribution in [2.45, 2.75) is 189 Å². The molecule has 0 aliphatic rings. The highest BCUT2D eigenvalue weighted by molar-refractivity contribution is 7.99.